The van der Waals surface area contributed by atoms with Gasteiger partial charge in [0.25, 0.3) is 0 Å². The third-order valence-corrected chi connectivity index (χ3v) is 7.10. The molecule has 3 rings (SSSR count). The van der Waals surface area contributed by atoms with Crippen LogP contribution >= 0.6 is 0 Å². The molecule has 170 valence electrons. The Morgan fingerprint density at radius 3 is 2.52 bits per heavy atom. The van der Waals surface area contributed by atoms with E-state index in [2.05, 4.69) is 0 Å². The number of rotatable bonds is 7. The monoisotopic (exact) mass is 449 g/mol. The third kappa shape index (κ3) is 5.96. The SMILES string of the molecule is COc1ccc2cc(S(=O)(=O)N3CCCCC3COCC(=O)OC(C)(C)C)ccc2c1. The zero-order valence-corrected chi connectivity index (χ0v) is 19.4. The van der Waals surface area contributed by atoms with Crippen molar-refractivity contribution in [3.8, 4) is 5.75 Å². The van der Waals surface area contributed by atoms with Gasteiger partial charge in [-0.05, 0) is 68.7 Å². The number of sulfonamides is 1. The molecule has 31 heavy (non-hydrogen) atoms. The van der Waals surface area contributed by atoms with E-state index in [1.54, 1.807) is 46.1 Å². The molecular weight excluding hydrogens is 418 g/mol. The molecule has 0 amide bonds. The lowest BCUT2D eigenvalue weighted by Crippen LogP contribution is -2.46. The van der Waals surface area contributed by atoms with Crippen LogP contribution in [0.4, 0.5) is 0 Å². The summed E-state index contributed by atoms with van der Waals surface area (Å²) in [6.07, 6.45) is 2.41. The molecule has 2 aromatic rings. The maximum absolute atomic E-state index is 13.4. The fourth-order valence-corrected chi connectivity index (χ4v) is 5.45. The number of esters is 1. The van der Waals surface area contributed by atoms with Gasteiger partial charge in [0.1, 0.15) is 18.0 Å². The van der Waals surface area contributed by atoms with Gasteiger partial charge in [0.05, 0.1) is 18.6 Å². The Bertz CT molecular complexity index is 1030. The van der Waals surface area contributed by atoms with E-state index in [9.17, 15) is 13.2 Å². The van der Waals surface area contributed by atoms with Crippen LogP contribution in [0.2, 0.25) is 0 Å². The molecule has 0 aliphatic carbocycles. The summed E-state index contributed by atoms with van der Waals surface area (Å²) in [4.78, 5) is 12.1. The van der Waals surface area contributed by atoms with Crippen LogP contribution < -0.4 is 4.74 Å². The highest BCUT2D eigenvalue weighted by molar-refractivity contribution is 7.89. The van der Waals surface area contributed by atoms with Crippen LogP contribution in [0.5, 0.6) is 5.75 Å². The number of hydrogen-bond acceptors (Lipinski definition) is 6. The first kappa shape index (κ1) is 23.5. The molecule has 0 aromatic heterocycles. The molecule has 0 spiro atoms. The Kier molecular flexibility index (Phi) is 7.24. The number of nitrogens with zero attached hydrogens (tertiary/aromatic N) is 1. The molecule has 0 bridgehead atoms. The second kappa shape index (κ2) is 9.54. The molecular formula is C23H31NO6S. The Hall–Kier alpha value is -2.16. The summed E-state index contributed by atoms with van der Waals surface area (Å²) < 4.78 is 44.3. The largest absolute Gasteiger partial charge is 0.497 e. The van der Waals surface area contributed by atoms with E-state index < -0.39 is 21.6 Å². The number of fused-ring (bicyclic) bond motifs is 1. The van der Waals surface area contributed by atoms with Gasteiger partial charge in [-0.25, -0.2) is 13.2 Å². The molecule has 1 atom stereocenters. The molecule has 1 fully saturated rings. The third-order valence-electron chi connectivity index (χ3n) is 5.15. The Morgan fingerprint density at radius 2 is 1.81 bits per heavy atom. The lowest BCUT2D eigenvalue weighted by Gasteiger charge is -2.34. The van der Waals surface area contributed by atoms with Gasteiger partial charge in [-0.2, -0.15) is 4.31 Å². The summed E-state index contributed by atoms with van der Waals surface area (Å²) in [6.45, 7) is 5.77. The van der Waals surface area contributed by atoms with E-state index in [0.29, 0.717) is 13.0 Å². The van der Waals surface area contributed by atoms with Crippen LogP contribution in [0.15, 0.2) is 41.3 Å². The quantitative estimate of drug-likeness (QED) is 0.599. The Balaban J connectivity index is 1.73. The number of piperidine rings is 1. The van der Waals surface area contributed by atoms with Crippen molar-refractivity contribution >= 4 is 26.8 Å². The lowest BCUT2D eigenvalue weighted by atomic mass is 10.1. The minimum Gasteiger partial charge on any atom is -0.497 e. The lowest BCUT2D eigenvalue weighted by molar-refractivity contribution is -0.160. The van der Waals surface area contributed by atoms with E-state index in [1.165, 1.54) is 4.31 Å². The molecule has 8 heteroatoms. The average molecular weight is 450 g/mol. The second-order valence-electron chi connectivity index (χ2n) is 8.74. The Morgan fingerprint density at radius 1 is 1.10 bits per heavy atom. The average Bonchev–Trinajstić information content (AvgIpc) is 2.72. The van der Waals surface area contributed by atoms with Crippen molar-refractivity contribution in [1.82, 2.24) is 4.31 Å². The summed E-state index contributed by atoms with van der Waals surface area (Å²) in [5.41, 5.74) is -0.583. The normalized spacial score (nSPS) is 18.1. The zero-order chi connectivity index (χ0) is 22.6. The number of methoxy groups -OCH3 is 1. The molecule has 0 radical (unpaired) electrons. The highest BCUT2D eigenvalue weighted by Crippen LogP contribution is 2.29. The van der Waals surface area contributed by atoms with Crippen LogP contribution in [-0.4, -0.2) is 57.2 Å². The fourth-order valence-electron chi connectivity index (χ4n) is 3.73. The van der Waals surface area contributed by atoms with Crippen molar-refractivity contribution in [3.63, 3.8) is 0 Å². The first-order chi connectivity index (χ1) is 14.6. The molecule has 1 aliphatic heterocycles. The van der Waals surface area contributed by atoms with E-state index >= 15 is 0 Å². The van der Waals surface area contributed by atoms with E-state index in [0.717, 1.165) is 29.4 Å². The predicted molar refractivity (Wildman–Crippen MR) is 119 cm³/mol. The van der Waals surface area contributed by atoms with Crippen molar-refractivity contribution in [1.29, 1.82) is 0 Å². The molecule has 1 heterocycles. The number of carbonyl (C=O) groups is 1. The number of hydrogen-bond donors (Lipinski definition) is 0. The van der Waals surface area contributed by atoms with Gasteiger partial charge in [0.2, 0.25) is 10.0 Å². The molecule has 0 saturated carbocycles. The van der Waals surface area contributed by atoms with Crippen LogP contribution in [0, 0.1) is 0 Å². The minimum absolute atomic E-state index is 0.156. The number of carbonyl (C=O) groups excluding carboxylic acids is 1. The summed E-state index contributed by atoms with van der Waals surface area (Å²) in [5.74, 6) is 0.268. The van der Waals surface area contributed by atoms with Gasteiger partial charge in [-0.1, -0.05) is 18.6 Å². The summed E-state index contributed by atoms with van der Waals surface area (Å²) in [7, 11) is -2.09. The van der Waals surface area contributed by atoms with E-state index in [-0.39, 0.29) is 24.2 Å². The maximum atomic E-state index is 13.4. The van der Waals surface area contributed by atoms with Crippen molar-refractivity contribution in [2.45, 2.75) is 56.6 Å². The topological polar surface area (TPSA) is 82.1 Å². The zero-order valence-electron chi connectivity index (χ0n) is 18.6. The van der Waals surface area contributed by atoms with Crippen molar-refractivity contribution < 1.29 is 27.4 Å². The smallest absolute Gasteiger partial charge is 0.332 e. The molecule has 7 nitrogen and oxygen atoms in total. The van der Waals surface area contributed by atoms with E-state index in [4.69, 9.17) is 14.2 Å². The van der Waals surface area contributed by atoms with Gasteiger partial charge >= 0.3 is 5.97 Å². The van der Waals surface area contributed by atoms with Gasteiger partial charge in [0, 0.05) is 12.6 Å². The van der Waals surface area contributed by atoms with Crippen LogP contribution in [0.3, 0.4) is 0 Å². The second-order valence-corrected chi connectivity index (χ2v) is 10.6. The van der Waals surface area contributed by atoms with Gasteiger partial charge < -0.3 is 14.2 Å². The molecule has 0 N–H and O–H groups in total. The standard InChI is InChI=1S/C23H31NO6S/c1-23(2,3)30-22(25)16-29-15-19-7-5-6-12-24(19)31(26,27)21-11-9-17-13-20(28-4)10-8-18(17)14-21/h8-11,13-14,19H,5-7,12,15-16H2,1-4H3. The molecule has 2 aromatic carbocycles. The summed E-state index contributed by atoms with van der Waals surface area (Å²) in [5, 5.41) is 1.74. The van der Waals surface area contributed by atoms with E-state index in [1.807, 2.05) is 18.2 Å². The minimum atomic E-state index is -3.69. The van der Waals surface area contributed by atoms with Crippen molar-refractivity contribution in [2.24, 2.45) is 0 Å². The van der Waals surface area contributed by atoms with Crippen LogP contribution in [0.1, 0.15) is 40.0 Å². The molecule has 1 aliphatic rings. The molecule has 1 unspecified atom stereocenters. The molecule has 1 saturated heterocycles. The summed E-state index contributed by atoms with van der Waals surface area (Å²) >= 11 is 0. The predicted octanol–water partition coefficient (Wildman–Crippen LogP) is 3.75. The van der Waals surface area contributed by atoms with Gasteiger partial charge in [-0.3, -0.25) is 0 Å². The Labute approximate surface area is 184 Å². The van der Waals surface area contributed by atoms with Crippen LogP contribution in [-0.2, 0) is 24.3 Å². The first-order valence-electron chi connectivity index (χ1n) is 10.5. The highest BCUT2D eigenvalue weighted by Gasteiger charge is 2.34. The number of benzene rings is 2. The fraction of sp³-hybridized carbons (Fsp3) is 0.522. The number of ether oxygens (including phenoxy) is 3. The van der Waals surface area contributed by atoms with Crippen molar-refractivity contribution in [2.75, 3.05) is 26.9 Å². The van der Waals surface area contributed by atoms with Gasteiger partial charge in [0.15, 0.2) is 0 Å². The maximum Gasteiger partial charge on any atom is 0.332 e. The highest BCUT2D eigenvalue weighted by atomic mass is 32.2. The van der Waals surface area contributed by atoms with Crippen LogP contribution in [0.25, 0.3) is 10.8 Å². The summed E-state index contributed by atoms with van der Waals surface area (Å²) in [6, 6.07) is 10.3. The first-order valence-corrected chi connectivity index (χ1v) is 11.9. The van der Waals surface area contributed by atoms with Gasteiger partial charge in [-0.15, -0.1) is 0 Å². The van der Waals surface area contributed by atoms with Crippen molar-refractivity contribution in [3.05, 3.63) is 36.4 Å².